The minimum Gasteiger partial charge on any atom is -0.398 e. The van der Waals surface area contributed by atoms with Crippen LogP contribution in [0.3, 0.4) is 0 Å². The quantitative estimate of drug-likeness (QED) is 0.209. The van der Waals surface area contributed by atoms with Crippen molar-refractivity contribution in [1.82, 2.24) is 15.0 Å². The summed E-state index contributed by atoms with van der Waals surface area (Å²) >= 11 is 0. The molecule has 1 heterocycles. The van der Waals surface area contributed by atoms with Crippen LogP contribution in [0.25, 0.3) is 67.5 Å². The van der Waals surface area contributed by atoms with Gasteiger partial charge in [0.05, 0.1) is 0 Å². The summed E-state index contributed by atoms with van der Waals surface area (Å²) in [6.45, 7) is 0. The van der Waals surface area contributed by atoms with Gasteiger partial charge in [0.25, 0.3) is 0 Å². The van der Waals surface area contributed by atoms with E-state index in [2.05, 4.69) is 78.9 Å². The molecular weight excluding hydrogens is 524 g/mol. The molecule has 0 fully saturated rings. The Morgan fingerprint density at radius 3 is 1.12 bits per heavy atom. The first kappa shape index (κ1) is 26.1. The first-order valence-electron chi connectivity index (χ1n) is 14.2. The number of anilines is 1. The topological polar surface area (TPSA) is 64.7 Å². The Morgan fingerprint density at radius 2 is 0.628 bits per heavy atom. The van der Waals surface area contributed by atoms with E-state index in [4.69, 9.17) is 20.7 Å². The zero-order valence-electron chi connectivity index (χ0n) is 23.4. The van der Waals surface area contributed by atoms with Gasteiger partial charge in [0.1, 0.15) is 0 Å². The maximum absolute atomic E-state index is 6.32. The van der Waals surface area contributed by atoms with E-state index in [1.54, 1.807) is 0 Å². The third-order valence-corrected chi connectivity index (χ3v) is 7.55. The molecule has 0 aliphatic carbocycles. The van der Waals surface area contributed by atoms with Gasteiger partial charge in [-0.05, 0) is 33.9 Å². The second-order valence-electron chi connectivity index (χ2n) is 10.3. The van der Waals surface area contributed by atoms with Crippen molar-refractivity contribution in [3.8, 4) is 67.5 Å². The molecule has 2 N–H and O–H groups in total. The Morgan fingerprint density at radius 1 is 0.279 bits per heavy atom. The average molecular weight is 553 g/mol. The van der Waals surface area contributed by atoms with Crippen LogP contribution < -0.4 is 5.73 Å². The summed E-state index contributed by atoms with van der Waals surface area (Å²) in [6, 6.07) is 53.5. The Bertz CT molecular complexity index is 1940. The van der Waals surface area contributed by atoms with Gasteiger partial charge in [0.2, 0.25) is 0 Å². The lowest BCUT2D eigenvalue weighted by Crippen LogP contribution is -2.00. The van der Waals surface area contributed by atoms with Gasteiger partial charge in [-0.2, -0.15) is 0 Å². The van der Waals surface area contributed by atoms with Gasteiger partial charge in [0.15, 0.2) is 17.5 Å². The number of hydrogen-bond acceptors (Lipinski definition) is 4. The van der Waals surface area contributed by atoms with E-state index in [-0.39, 0.29) is 0 Å². The second-order valence-corrected chi connectivity index (χ2v) is 10.3. The summed E-state index contributed by atoms with van der Waals surface area (Å²) in [5.41, 5.74) is 16.7. The SMILES string of the molecule is Nc1ccccc1-c1ccccc1-c1ccc(-c2ccc(-c3nc(-c4ccccc4)nc(-c4ccccc4)n3)cc2)cc1. The fourth-order valence-electron chi connectivity index (χ4n) is 5.30. The van der Waals surface area contributed by atoms with E-state index in [0.29, 0.717) is 17.5 Å². The average Bonchev–Trinajstić information content (AvgIpc) is 3.09. The Labute approximate surface area is 251 Å². The summed E-state index contributed by atoms with van der Waals surface area (Å²) < 4.78 is 0. The lowest BCUT2D eigenvalue weighted by atomic mass is 9.92. The lowest BCUT2D eigenvalue weighted by Gasteiger charge is -2.13. The van der Waals surface area contributed by atoms with Crippen molar-refractivity contribution in [3.63, 3.8) is 0 Å². The molecule has 204 valence electrons. The third kappa shape index (κ3) is 5.42. The van der Waals surface area contributed by atoms with Gasteiger partial charge in [0, 0.05) is 27.9 Å². The number of para-hydroxylation sites is 1. The molecule has 0 aliphatic rings. The van der Waals surface area contributed by atoms with Gasteiger partial charge in [-0.25, -0.2) is 15.0 Å². The second kappa shape index (κ2) is 11.6. The van der Waals surface area contributed by atoms with Crippen LogP contribution in [0.4, 0.5) is 5.69 Å². The molecule has 0 saturated carbocycles. The lowest BCUT2D eigenvalue weighted by molar-refractivity contribution is 1.07. The van der Waals surface area contributed by atoms with Crippen LogP contribution in [0.5, 0.6) is 0 Å². The van der Waals surface area contributed by atoms with E-state index in [0.717, 1.165) is 55.8 Å². The highest BCUT2D eigenvalue weighted by Crippen LogP contribution is 2.36. The highest BCUT2D eigenvalue weighted by Gasteiger charge is 2.13. The normalized spacial score (nSPS) is 10.9. The van der Waals surface area contributed by atoms with Gasteiger partial charge < -0.3 is 5.73 Å². The predicted molar refractivity (Wildman–Crippen MR) is 177 cm³/mol. The van der Waals surface area contributed by atoms with Crippen molar-refractivity contribution in [3.05, 3.63) is 158 Å². The molecule has 7 rings (SSSR count). The summed E-state index contributed by atoms with van der Waals surface area (Å²) in [7, 11) is 0. The maximum Gasteiger partial charge on any atom is 0.164 e. The molecule has 0 spiro atoms. The summed E-state index contributed by atoms with van der Waals surface area (Å²) in [4.78, 5) is 14.5. The molecule has 0 radical (unpaired) electrons. The monoisotopic (exact) mass is 552 g/mol. The van der Waals surface area contributed by atoms with Crippen molar-refractivity contribution in [2.45, 2.75) is 0 Å². The Hall–Kier alpha value is -5.87. The smallest absolute Gasteiger partial charge is 0.164 e. The maximum atomic E-state index is 6.32. The molecule has 1 aromatic heterocycles. The molecule has 0 aliphatic heterocycles. The summed E-state index contributed by atoms with van der Waals surface area (Å²) in [5, 5.41) is 0. The standard InChI is InChI=1S/C39H28N4/c40-36-18-10-9-17-35(36)34-16-8-7-15-33(34)29-23-19-27(20-24-29)28-21-25-32(26-22-28)39-42-37(30-11-3-1-4-12-30)41-38(43-39)31-13-5-2-6-14-31/h1-26H,40H2. The molecule has 43 heavy (non-hydrogen) atoms. The highest BCUT2D eigenvalue weighted by atomic mass is 15.0. The van der Waals surface area contributed by atoms with Crippen LogP contribution in [0.1, 0.15) is 0 Å². The fourth-order valence-corrected chi connectivity index (χ4v) is 5.30. The largest absolute Gasteiger partial charge is 0.398 e. The number of rotatable bonds is 6. The van der Waals surface area contributed by atoms with E-state index in [1.165, 1.54) is 0 Å². The van der Waals surface area contributed by atoms with Crippen LogP contribution >= 0.6 is 0 Å². The minimum absolute atomic E-state index is 0.645. The van der Waals surface area contributed by atoms with Gasteiger partial charge in [-0.1, -0.05) is 152 Å². The van der Waals surface area contributed by atoms with Crippen molar-refractivity contribution >= 4 is 5.69 Å². The molecule has 0 bridgehead atoms. The number of aromatic nitrogens is 3. The van der Waals surface area contributed by atoms with Crippen LogP contribution in [0, 0.1) is 0 Å². The first-order valence-corrected chi connectivity index (χ1v) is 14.2. The minimum atomic E-state index is 0.645. The number of hydrogen-bond donors (Lipinski definition) is 1. The molecule has 0 unspecified atom stereocenters. The number of nitrogens with two attached hydrogens (primary N) is 1. The van der Waals surface area contributed by atoms with E-state index < -0.39 is 0 Å². The summed E-state index contributed by atoms with van der Waals surface area (Å²) in [6.07, 6.45) is 0. The zero-order valence-corrected chi connectivity index (χ0v) is 23.4. The molecule has 6 aromatic carbocycles. The molecule has 0 amide bonds. The van der Waals surface area contributed by atoms with Crippen molar-refractivity contribution < 1.29 is 0 Å². The number of nitrogens with zero attached hydrogens (tertiary/aromatic N) is 3. The Balaban J connectivity index is 1.20. The van der Waals surface area contributed by atoms with E-state index in [1.807, 2.05) is 78.9 Å². The molecule has 4 heteroatoms. The Kier molecular flexibility index (Phi) is 7.00. The predicted octanol–water partition coefficient (Wildman–Crippen LogP) is 9.46. The van der Waals surface area contributed by atoms with Crippen molar-refractivity contribution in [1.29, 1.82) is 0 Å². The first-order chi connectivity index (χ1) is 21.2. The molecule has 4 nitrogen and oxygen atoms in total. The third-order valence-electron chi connectivity index (χ3n) is 7.55. The summed E-state index contributed by atoms with van der Waals surface area (Å²) in [5.74, 6) is 1.95. The number of nitrogen functional groups attached to an aromatic ring is 1. The van der Waals surface area contributed by atoms with Crippen molar-refractivity contribution in [2.75, 3.05) is 5.73 Å². The van der Waals surface area contributed by atoms with Crippen LogP contribution in [0.2, 0.25) is 0 Å². The van der Waals surface area contributed by atoms with Gasteiger partial charge in [-0.15, -0.1) is 0 Å². The van der Waals surface area contributed by atoms with Crippen molar-refractivity contribution in [2.24, 2.45) is 0 Å². The molecule has 0 atom stereocenters. The molecular formula is C39H28N4. The zero-order chi connectivity index (χ0) is 29.0. The van der Waals surface area contributed by atoms with Gasteiger partial charge >= 0.3 is 0 Å². The van der Waals surface area contributed by atoms with Crippen LogP contribution in [0.15, 0.2) is 158 Å². The van der Waals surface area contributed by atoms with Crippen LogP contribution in [-0.4, -0.2) is 15.0 Å². The van der Waals surface area contributed by atoms with Gasteiger partial charge in [-0.3, -0.25) is 0 Å². The number of benzene rings is 6. The highest BCUT2D eigenvalue weighted by molar-refractivity contribution is 5.89. The molecule has 0 saturated heterocycles. The van der Waals surface area contributed by atoms with E-state index >= 15 is 0 Å². The van der Waals surface area contributed by atoms with E-state index in [9.17, 15) is 0 Å². The van der Waals surface area contributed by atoms with Crippen LogP contribution in [-0.2, 0) is 0 Å². The molecule has 7 aromatic rings. The fraction of sp³-hybridized carbons (Fsp3) is 0.